The topological polar surface area (TPSA) is 0 Å². The third-order valence-electron chi connectivity index (χ3n) is 7.67. The van der Waals surface area contributed by atoms with Crippen LogP contribution in [0.3, 0.4) is 0 Å². The van der Waals surface area contributed by atoms with E-state index < -0.39 is 7.25 Å². The SMILES string of the molecule is F[B-](F)(F)F.[CH2]C(P(C1CCCC1)C1CCCC1)P(C1CCCC1)C1CCCC1. The second-order valence-corrected chi connectivity index (χ2v) is 16.0. The van der Waals surface area contributed by atoms with E-state index in [-0.39, 0.29) is 15.8 Å². The Morgan fingerprint density at radius 3 is 0.862 bits per heavy atom. The fraction of sp³-hybridized carbons (Fsp3) is 0.955. The third-order valence-corrected chi connectivity index (χ3v) is 16.1. The van der Waals surface area contributed by atoms with Crippen molar-refractivity contribution in [2.45, 2.75) is 131 Å². The number of hydrogen-bond acceptors (Lipinski definition) is 0. The summed E-state index contributed by atoms with van der Waals surface area (Å²) in [5.74, 6) is 0. The molecule has 0 unspecified atom stereocenters. The minimum atomic E-state index is -6.00. The van der Waals surface area contributed by atoms with Crippen LogP contribution in [0, 0.1) is 6.92 Å². The van der Waals surface area contributed by atoms with Crippen LogP contribution in [0.25, 0.3) is 0 Å². The van der Waals surface area contributed by atoms with Gasteiger partial charge < -0.3 is 17.3 Å². The molecule has 0 atom stereocenters. The summed E-state index contributed by atoms with van der Waals surface area (Å²) in [6.07, 6.45) is 24.9. The van der Waals surface area contributed by atoms with E-state index in [0.717, 1.165) is 28.0 Å². The van der Waals surface area contributed by atoms with Crippen molar-refractivity contribution in [1.82, 2.24) is 0 Å². The van der Waals surface area contributed by atoms with E-state index in [4.69, 9.17) is 6.92 Å². The third kappa shape index (κ3) is 7.34. The molecule has 169 valence electrons. The van der Waals surface area contributed by atoms with Crippen LogP contribution in [0.5, 0.6) is 0 Å². The first-order chi connectivity index (χ1) is 13.8. The van der Waals surface area contributed by atoms with Gasteiger partial charge in [0, 0.05) is 5.40 Å². The number of halogens is 4. The van der Waals surface area contributed by atoms with Gasteiger partial charge in [-0.1, -0.05) is 67.2 Å². The van der Waals surface area contributed by atoms with Gasteiger partial charge in [0.2, 0.25) is 0 Å². The maximum atomic E-state index is 9.75. The van der Waals surface area contributed by atoms with Gasteiger partial charge in [-0.2, -0.15) is 0 Å². The van der Waals surface area contributed by atoms with Crippen LogP contribution >= 0.6 is 15.8 Å². The first kappa shape index (κ1) is 24.3. The van der Waals surface area contributed by atoms with Crippen molar-refractivity contribution in [2.75, 3.05) is 0 Å². The Morgan fingerprint density at radius 1 is 0.517 bits per heavy atom. The Kier molecular flexibility index (Phi) is 9.63. The van der Waals surface area contributed by atoms with Gasteiger partial charge in [-0.05, 0) is 80.9 Å². The van der Waals surface area contributed by atoms with Crippen molar-refractivity contribution < 1.29 is 17.3 Å². The molecule has 4 aliphatic carbocycles. The molecule has 7 heteroatoms. The molecule has 4 fully saturated rings. The molecule has 0 N–H and O–H groups in total. The highest BCUT2D eigenvalue weighted by Crippen LogP contribution is 2.73. The van der Waals surface area contributed by atoms with Crippen molar-refractivity contribution >= 4 is 23.1 Å². The van der Waals surface area contributed by atoms with Crippen LogP contribution in [0.1, 0.15) is 103 Å². The molecule has 0 aromatic rings. The Bertz CT molecular complexity index is 392. The van der Waals surface area contributed by atoms with Gasteiger partial charge in [0.25, 0.3) is 0 Å². The maximum Gasteiger partial charge on any atom is 0.673 e. The molecule has 4 saturated carbocycles. The standard InChI is InChI=1S/C22H39P2.BF4/c1-18(23(19-10-2-3-11-19)20-12-4-5-13-20)24(21-14-6-7-15-21)22-16-8-9-17-22;2-1(3,4)5/h18-22H,1-17H2;/q;-1. The summed E-state index contributed by atoms with van der Waals surface area (Å²) < 4.78 is 39.0. The maximum absolute atomic E-state index is 9.75. The minimum absolute atomic E-state index is 0.222. The van der Waals surface area contributed by atoms with E-state index in [2.05, 4.69) is 0 Å². The van der Waals surface area contributed by atoms with Gasteiger partial charge in [-0.15, -0.1) is 0 Å². The predicted molar refractivity (Wildman–Crippen MR) is 122 cm³/mol. The zero-order valence-electron chi connectivity index (χ0n) is 17.9. The van der Waals surface area contributed by atoms with Crippen LogP contribution in [0.2, 0.25) is 0 Å². The molecule has 4 rings (SSSR count). The summed E-state index contributed by atoms with van der Waals surface area (Å²) in [6.45, 7) is 5.07. The Labute approximate surface area is 178 Å². The fourth-order valence-electron chi connectivity index (χ4n) is 6.53. The predicted octanol–water partition coefficient (Wildman–Crippen LogP) is 9.18. The Hall–Kier alpha value is 0.645. The normalized spacial score (nSPS) is 25.7. The lowest BCUT2D eigenvalue weighted by molar-refractivity contribution is 0.368. The molecule has 0 amide bonds. The first-order valence-electron chi connectivity index (χ1n) is 12.1. The minimum Gasteiger partial charge on any atom is -0.418 e. The molecule has 0 bridgehead atoms. The van der Waals surface area contributed by atoms with Crippen molar-refractivity contribution in [3.8, 4) is 0 Å². The molecular weight excluding hydrogens is 413 g/mol. The second kappa shape index (κ2) is 11.5. The quantitative estimate of drug-likeness (QED) is 0.214. The summed E-state index contributed by atoms with van der Waals surface area (Å²) in [6, 6.07) is 0. The van der Waals surface area contributed by atoms with Gasteiger partial charge in [-0.3, -0.25) is 0 Å². The summed E-state index contributed by atoms with van der Waals surface area (Å²) >= 11 is 0. The summed E-state index contributed by atoms with van der Waals surface area (Å²) in [5.41, 5.74) is 4.49. The van der Waals surface area contributed by atoms with E-state index >= 15 is 0 Å². The highest BCUT2D eigenvalue weighted by molar-refractivity contribution is 7.77. The molecule has 0 aromatic heterocycles. The van der Waals surface area contributed by atoms with Gasteiger partial charge in [0.15, 0.2) is 0 Å². The molecule has 0 spiro atoms. The van der Waals surface area contributed by atoms with Gasteiger partial charge >= 0.3 is 7.25 Å². The summed E-state index contributed by atoms with van der Waals surface area (Å²) in [5, 5.41) is 0.910. The smallest absolute Gasteiger partial charge is 0.418 e. The monoisotopic (exact) mass is 452 g/mol. The van der Waals surface area contributed by atoms with E-state index in [9.17, 15) is 17.3 Å². The molecule has 0 nitrogen and oxygen atoms in total. The summed E-state index contributed by atoms with van der Waals surface area (Å²) in [4.78, 5) is 0. The van der Waals surface area contributed by atoms with Crippen LogP contribution in [0.4, 0.5) is 17.3 Å². The van der Waals surface area contributed by atoms with Crippen LogP contribution in [0.15, 0.2) is 0 Å². The average Bonchev–Trinajstić information content (AvgIpc) is 3.44. The lowest BCUT2D eigenvalue weighted by Crippen LogP contribution is -2.24. The highest BCUT2D eigenvalue weighted by Gasteiger charge is 2.43. The number of rotatable bonds is 6. The fourth-order valence-corrected chi connectivity index (χ4v) is 17.0. The van der Waals surface area contributed by atoms with E-state index in [1.165, 1.54) is 51.4 Å². The molecule has 4 aliphatic rings. The molecule has 0 aliphatic heterocycles. The zero-order valence-corrected chi connectivity index (χ0v) is 19.7. The number of hydrogen-bond donors (Lipinski definition) is 0. The lowest BCUT2D eigenvalue weighted by atomic mass is 10.3. The van der Waals surface area contributed by atoms with Gasteiger partial charge in [-0.25, -0.2) is 0 Å². The highest BCUT2D eigenvalue weighted by atomic mass is 31.2. The second-order valence-electron chi connectivity index (χ2n) is 9.62. The zero-order chi connectivity index (χ0) is 20.9. The van der Waals surface area contributed by atoms with E-state index in [1.807, 2.05) is 0 Å². The molecule has 0 heterocycles. The molecule has 1 radical (unpaired) electrons. The van der Waals surface area contributed by atoms with E-state index in [0.29, 0.717) is 0 Å². The van der Waals surface area contributed by atoms with Crippen molar-refractivity contribution in [2.24, 2.45) is 0 Å². The summed E-state index contributed by atoms with van der Waals surface area (Å²) in [7, 11) is -5.56. The van der Waals surface area contributed by atoms with Crippen molar-refractivity contribution in [3.63, 3.8) is 0 Å². The van der Waals surface area contributed by atoms with Gasteiger partial charge in [0.05, 0.1) is 0 Å². The van der Waals surface area contributed by atoms with Crippen LogP contribution in [-0.2, 0) is 0 Å². The molecule has 29 heavy (non-hydrogen) atoms. The van der Waals surface area contributed by atoms with Crippen molar-refractivity contribution in [1.29, 1.82) is 0 Å². The van der Waals surface area contributed by atoms with E-state index in [1.54, 1.807) is 51.4 Å². The Morgan fingerprint density at radius 2 is 0.690 bits per heavy atom. The van der Waals surface area contributed by atoms with Gasteiger partial charge in [0.1, 0.15) is 0 Å². The average molecular weight is 452 g/mol. The molecular formula is C22H39BF4P2-. The van der Waals surface area contributed by atoms with Crippen molar-refractivity contribution in [3.05, 3.63) is 6.92 Å². The first-order valence-corrected chi connectivity index (χ1v) is 15.2. The largest absolute Gasteiger partial charge is 0.673 e. The molecule has 0 aromatic carbocycles. The van der Waals surface area contributed by atoms with Crippen LogP contribution < -0.4 is 0 Å². The Balaban J connectivity index is 0.000000431. The molecule has 0 saturated heterocycles. The van der Waals surface area contributed by atoms with Crippen LogP contribution in [-0.4, -0.2) is 35.3 Å². The lowest BCUT2D eigenvalue weighted by Gasteiger charge is -2.44.